The molecule has 18 heavy (non-hydrogen) atoms. The van der Waals surface area contributed by atoms with Crippen molar-refractivity contribution >= 4 is 23.2 Å². The van der Waals surface area contributed by atoms with E-state index in [4.69, 9.17) is 0 Å². The summed E-state index contributed by atoms with van der Waals surface area (Å²) in [6, 6.07) is 0.108. The highest BCUT2D eigenvalue weighted by molar-refractivity contribution is 7.09. The highest BCUT2D eigenvalue weighted by Gasteiger charge is 2.39. The Morgan fingerprint density at radius 2 is 2.33 bits per heavy atom. The minimum atomic E-state index is -0.387. The molecule has 6 nitrogen and oxygen atoms in total. The molecule has 1 N–H and O–H groups in total. The number of rotatable bonds is 2. The quantitative estimate of drug-likeness (QED) is 0.718. The van der Waals surface area contributed by atoms with Crippen molar-refractivity contribution in [3.05, 3.63) is 16.6 Å². The van der Waals surface area contributed by atoms with Crippen LogP contribution in [0.4, 0.5) is 0 Å². The van der Waals surface area contributed by atoms with Crippen molar-refractivity contribution in [1.82, 2.24) is 20.1 Å². The van der Waals surface area contributed by atoms with Crippen molar-refractivity contribution in [3.8, 4) is 0 Å². The van der Waals surface area contributed by atoms with Crippen LogP contribution in [0.25, 0.3) is 0 Å². The van der Waals surface area contributed by atoms with Crippen molar-refractivity contribution in [2.24, 2.45) is 0 Å². The highest BCUT2D eigenvalue weighted by Crippen LogP contribution is 2.17. The first-order chi connectivity index (χ1) is 8.75. The van der Waals surface area contributed by atoms with Gasteiger partial charge in [0.05, 0.1) is 18.1 Å². The smallest absolute Gasteiger partial charge is 0.312 e. The summed E-state index contributed by atoms with van der Waals surface area (Å²) in [7, 11) is 0. The van der Waals surface area contributed by atoms with E-state index >= 15 is 0 Å². The van der Waals surface area contributed by atoms with Gasteiger partial charge in [-0.1, -0.05) is 0 Å². The van der Waals surface area contributed by atoms with Gasteiger partial charge in [-0.05, 0) is 0 Å². The summed E-state index contributed by atoms with van der Waals surface area (Å²) in [4.78, 5) is 32.3. The Morgan fingerprint density at radius 3 is 3.11 bits per heavy atom. The number of hydrogen-bond acceptors (Lipinski definition) is 5. The van der Waals surface area contributed by atoms with Gasteiger partial charge in [0.2, 0.25) is 0 Å². The van der Waals surface area contributed by atoms with Crippen LogP contribution in [-0.2, 0) is 16.1 Å². The number of nitrogens with zero attached hydrogens (tertiary/aromatic N) is 3. The van der Waals surface area contributed by atoms with E-state index < -0.39 is 0 Å². The molecule has 0 bridgehead atoms. The minimum absolute atomic E-state index is 0.108. The topological polar surface area (TPSA) is 65.5 Å². The van der Waals surface area contributed by atoms with E-state index in [9.17, 15) is 9.59 Å². The monoisotopic (exact) mass is 266 g/mol. The molecular weight excluding hydrogens is 252 g/mol. The normalized spacial score (nSPS) is 24.3. The number of piperazine rings is 2. The fraction of sp³-hybridized carbons (Fsp3) is 0.545. The largest absolute Gasteiger partial charge is 0.327 e. The van der Waals surface area contributed by atoms with Crippen molar-refractivity contribution in [2.45, 2.75) is 12.6 Å². The summed E-state index contributed by atoms with van der Waals surface area (Å²) in [5, 5.41) is 3.26. The van der Waals surface area contributed by atoms with Gasteiger partial charge in [0, 0.05) is 37.3 Å². The Balaban J connectivity index is 1.75. The lowest BCUT2D eigenvalue weighted by Crippen LogP contribution is -2.65. The molecule has 1 atom stereocenters. The van der Waals surface area contributed by atoms with Crippen LogP contribution in [0, 0.1) is 0 Å². The number of hydrogen-bond donors (Lipinski definition) is 1. The molecule has 2 aliphatic heterocycles. The van der Waals surface area contributed by atoms with Crippen LogP contribution in [0.3, 0.4) is 0 Å². The maximum Gasteiger partial charge on any atom is 0.312 e. The Morgan fingerprint density at radius 1 is 1.44 bits per heavy atom. The van der Waals surface area contributed by atoms with Crippen LogP contribution in [-0.4, -0.2) is 58.8 Å². The molecule has 1 unspecified atom stereocenters. The van der Waals surface area contributed by atoms with Gasteiger partial charge in [0.15, 0.2) is 0 Å². The summed E-state index contributed by atoms with van der Waals surface area (Å²) in [6.45, 7) is 3.25. The van der Waals surface area contributed by atoms with Gasteiger partial charge >= 0.3 is 11.8 Å². The number of fused-ring (bicyclic) bond motifs is 1. The third kappa shape index (κ3) is 1.99. The molecule has 1 aromatic heterocycles. The fourth-order valence-corrected chi connectivity index (χ4v) is 3.04. The molecular formula is C11H14N4O2S. The van der Waals surface area contributed by atoms with Crippen molar-refractivity contribution in [2.75, 3.05) is 26.2 Å². The van der Waals surface area contributed by atoms with E-state index in [1.807, 2.05) is 0 Å². The van der Waals surface area contributed by atoms with Gasteiger partial charge in [-0.3, -0.25) is 14.6 Å². The van der Waals surface area contributed by atoms with E-state index in [2.05, 4.69) is 10.3 Å². The SMILES string of the molecule is O=C1C(=O)N2CCNCC2CN1Cc1cncs1. The van der Waals surface area contributed by atoms with Crippen molar-refractivity contribution in [3.63, 3.8) is 0 Å². The second-order valence-corrected chi connectivity index (χ2v) is 5.48. The fourth-order valence-electron chi connectivity index (χ4n) is 2.43. The Labute approximate surface area is 109 Å². The number of amides is 2. The molecule has 3 rings (SSSR count). The third-order valence-electron chi connectivity index (χ3n) is 3.34. The Kier molecular flexibility index (Phi) is 3.00. The number of carbonyl (C=O) groups excluding carboxylic acids is 2. The Bertz CT molecular complexity index is 462. The predicted octanol–water partition coefficient (Wildman–Crippen LogP) is -0.714. The van der Waals surface area contributed by atoms with Gasteiger partial charge in [0.1, 0.15) is 0 Å². The molecule has 96 valence electrons. The summed E-state index contributed by atoms with van der Waals surface area (Å²) >= 11 is 1.50. The molecule has 0 aromatic carbocycles. The van der Waals surface area contributed by atoms with E-state index in [0.717, 1.165) is 18.0 Å². The molecule has 7 heteroatoms. The van der Waals surface area contributed by atoms with Crippen LogP contribution in [0.2, 0.25) is 0 Å². The molecule has 0 saturated carbocycles. The van der Waals surface area contributed by atoms with E-state index in [1.54, 1.807) is 21.5 Å². The van der Waals surface area contributed by atoms with Crippen LogP contribution in [0.5, 0.6) is 0 Å². The van der Waals surface area contributed by atoms with Gasteiger partial charge in [0.25, 0.3) is 0 Å². The zero-order chi connectivity index (χ0) is 12.5. The summed E-state index contributed by atoms with van der Waals surface area (Å²) < 4.78 is 0. The van der Waals surface area contributed by atoms with Crippen molar-refractivity contribution in [1.29, 1.82) is 0 Å². The average Bonchev–Trinajstić information content (AvgIpc) is 2.89. The second kappa shape index (κ2) is 4.66. The van der Waals surface area contributed by atoms with Gasteiger partial charge < -0.3 is 15.1 Å². The lowest BCUT2D eigenvalue weighted by atomic mass is 10.1. The van der Waals surface area contributed by atoms with E-state index in [1.165, 1.54) is 11.3 Å². The van der Waals surface area contributed by atoms with E-state index in [-0.39, 0.29) is 17.9 Å². The number of thiazole rings is 1. The highest BCUT2D eigenvalue weighted by atomic mass is 32.1. The maximum atomic E-state index is 12.0. The molecule has 2 amide bonds. The molecule has 0 radical (unpaired) electrons. The number of carbonyl (C=O) groups is 2. The molecule has 0 aliphatic carbocycles. The minimum Gasteiger partial charge on any atom is -0.327 e. The van der Waals surface area contributed by atoms with Crippen LogP contribution in [0.1, 0.15) is 4.88 Å². The lowest BCUT2D eigenvalue weighted by Gasteiger charge is -2.43. The van der Waals surface area contributed by atoms with Gasteiger partial charge in [-0.15, -0.1) is 11.3 Å². The van der Waals surface area contributed by atoms with Crippen LogP contribution < -0.4 is 5.32 Å². The Hall–Kier alpha value is -1.47. The van der Waals surface area contributed by atoms with Crippen molar-refractivity contribution < 1.29 is 9.59 Å². The van der Waals surface area contributed by atoms with Gasteiger partial charge in [-0.25, -0.2) is 0 Å². The third-order valence-corrected chi connectivity index (χ3v) is 4.11. The standard InChI is InChI=1S/C11H14N4O2S/c16-10-11(17)15-2-1-12-3-8(15)5-14(10)6-9-4-13-7-18-9/h4,7-8,12H,1-3,5-6H2. The van der Waals surface area contributed by atoms with Gasteiger partial charge in [-0.2, -0.15) is 0 Å². The molecule has 2 aliphatic rings. The predicted molar refractivity (Wildman–Crippen MR) is 65.9 cm³/mol. The molecule has 2 fully saturated rings. The number of nitrogens with one attached hydrogen (secondary N) is 1. The first-order valence-electron chi connectivity index (χ1n) is 5.93. The average molecular weight is 266 g/mol. The molecule has 2 saturated heterocycles. The maximum absolute atomic E-state index is 12.0. The lowest BCUT2D eigenvalue weighted by molar-refractivity contribution is -0.160. The number of aromatic nitrogens is 1. The molecule has 3 heterocycles. The summed E-state index contributed by atoms with van der Waals surface area (Å²) in [5.41, 5.74) is 1.74. The van der Waals surface area contributed by atoms with E-state index in [0.29, 0.717) is 19.6 Å². The first kappa shape index (κ1) is 11.6. The zero-order valence-corrected chi connectivity index (χ0v) is 10.7. The molecule has 1 aromatic rings. The zero-order valence-electron chi connectivity index (χ0n) is 9.83. The summed E-state index contributed by atoms with van der Waals surface area (Å²) in [6.07, 6.45) is 1.74. The van der Waals surface area contributed by atoms with Crippen LogP contribution in [0.15, 0.2) is 11.7 Å². The first-order valence-corrected chi connectivity index (χ1v) is 6.81. The molecule has 0 spiro atoms. The van der Waals surface area contributed by atoms with Crippen LogP contribution >= 0.6 is 11.3 Å². The second-order valence-electron chi connectivity index (χ2n) is 4.51. The summed E-state index contributed by atoms with van der Waals surface area (Å²) in [5.74, 6) is -0.751.